The van der Waals surface area contributed by atoms with Crippen molar-refractivity contribution in [2.24, 2.45) is 7.05 Å². The summed E-state index contributed by atoms with van der Waals surface area (Å²) in [5, 5.41) is 2.88. The zero-order valence-electron chi connectivity index (χ0n) is 17.0. The van der Waals surface area contributed by atoms with Gasteiger partial charge in [0.2, 0.25) is 5.95 Å². The number of aromatic nitrogens is 4. The number of imidazole rings is 1. The molecule has 8 heteroatoms. The maximum atomic E-state index is 13.1. The van der Waals surface area contributed by atoms with Gasteiger partial charge in [-0.2, -0.15) is 0 Å². The second kappa shape index (κ2) is 7.79. The van der Waals surface area contributed by atoms with Crippen LogP contribution in [0.15, 0.2) is 54.9 Å². The van der Waals surface area contributed by atoms with Crippen LogP contribution in [0.5, 0.6) is 0 Å². The van der Waals surface area contributed by atoms with E-state index in [1.54, 1.807) is 12.1 Å². The van der Waals surface area contributed by atoms with Gasteiger partial charge in [-0.05, 0) is 55.3 Å². The van der Waals surface area contributed by atoms with Crippen LogP contribution in [0, 0.1) is 5.82 Å². The number of halogens is 1. The van der Waals surface area contributed by atoms with Gasteiger partial charge in [-0.1, -0.05) is 0 Å². The van der Waals surface area contributed by atoms with Crippen molar-refractivity contribution >= 4 is 28.6 Å². The Hall–Kier alpha value is -3.81. The normalized spacial score (nSPS) is 13.7. The molecule has 0 saturated carbocycles. The number of nitrogens with one attached hydrogen (secondary N) is 1. The molecule has 1 fully saturated rings. The Labute approximate surface area is 178 Å². The molecule has 0 radical (unpaired) electrons. The van der Waals surface area contributed by atoms with Crippen molar-refractivity contribution in [1.29, 1.82) is 0 Å². The second-order valence-electron chi connectivity index (χ2n) is 7.62. The number of amides is 1. The highest BCUT2D eigenvalue weighted by Gasteiger charge is 2.19. The van der Waals surface area contributed by atoms with Crippen molar-refractivity contribution in [3.63, 3.8) is 0 Å². The number of rotatable bonds is 4. The highest BCUT2D eigenvalue weighted by molar-refractivity contribution is 6.03. The molecule has 31 heavy (non-hydrogen) atoms. The molecule has 156 valence electrons. The molecule has 1 aliphatic heterocycles. The Morgan fingerprint density at radius 1 is 1.03 bits per heavy atom. The lowest BCUT2D eigenvalue weighted by Crippen LogP contribution is -2.21. The Kier molecular flexibility index (Phi) is 4.82. The lowest BCUT2D eigenvalue weighted by Gasteiger charge is -2.16. The monoisotopic (exact) mass is 416 g/mol. The van der Waals surface area contributed by atoms with Gasteiger partial charge >= 0.3 is 0 Å². The zero-order valence-corrected chi connectivity index (χ0v) is 17.0. The van der Waals surface area contributed by atoms with Gasteiger partial charge in [0.1, 0.15) is 11.5 Å². The largest absolute Gasteiger partial charge is 0.342 e. The third kappa shape index (κ3) is 3.72. The minimum Gasteiger partial charge on any atom is -0.342 e. The Morgan fingerprint density at radius 2 is 1.81 bits per heavy atom. The molecule has 1 N–H and O–H groups in total. The molecule has 2 aromatic carbocycles. The fraction of sp³-hybridized carbons (Fsp3) is 0.217. The van der Waals surface area contributed by atoms with Crippen LogP contribution in [0.3, 0.4) is 0 Å². The summed E-state index contributed by atoms with van der Waals surface area (Å²) in [6.07, 6.45) is 5.30. The van der Waals surface area contributed by atoms with Crippen LogP contribution in [0.1, 0.15) is 23.3 Å². The highest BCUT2D eigenvalue weighted by atomic mass is 19.1. The summed E-state index contributed by atoms with van der Waals surface area (Å²) in [6.45, 7) is 2.04. The maximum absolute atomic E-state index is 13.1. The first-order valence-electron chi connectivity index (χ1n) is 10.2. The highest BCUT2D eigenvalue weighted by Crippen LogP contribution is 2.26. The van der Waals surface area contributed by atoms with E-state index in [-0.39, 0.29) is 17.4 Å². The van der Waals surface area contributed by atoms with Gasteiger partial charge in [0.25, 0.3) is 5.91 Å². The van der Waals surface area contributed by atoms with Gasteiger partial charge in [0.15, 0.2) is 0 Å². The quantitative estimate of drug-likeness (QED) is 0.544. The summed E-state index contributed by atoms with van der Waals surface area (Å²) < 4.78 is 15.1. The molecule has 4 aromatic rings. The molecule has 3 heterocycles. The molecular formula is C23H21FN6O. The van der Waals surface area contributed by atoms with Crippen LogP contribution >= 0.6 is 0 Å². The summed E-state index contributed by atoms with van der Waals surface area (Å²) in [5.41, 5.74) is 4.02. The minimum absolute atomic E-state index is 0.203. The summed E-state index contributed by atoms with van der Waals surface area (Å²) in [5.74, 6) is 0.295. The molecule has 0 aliphatic carbocycles. The first kappa shape index (κ1) is 19.2. The van der Waals surface area contributed by atoms with Gasteiger partial charge in [0.05, 0.1) is 29.1 Å². The van der Waals surface area contributed by atoms with Crippen molar-refractivity contribution < 1.29 is 9.18 Å². The van der Waals surface area contributed by atoms with Gasteiger partial charge in [-0.25, -0.2) is 14.4 Å². The lowest BCUT2D eigenvalue weighted by molar-refractivity contribution is 0.102. The summed E-state index contributed by atoms with van der Waals surface area (Å²) in [7, 11) is 1.99. The number of hydrogen-bond acceptors (Lipinski definition) is 5. The average Bonchev–Trinajstić information content (AvgIpc) is 3.43. The fourth-order valence-electron chi connectivity index (χ4n) is 3.86. The van der Waals surface area contributed by atoms with Crippen molar-refractivity contribution in [3.05, 3.63) is 66.4 Å². The van der Waals surface area contributed by atoms with E-state index in [1.807, 2.05) is 25.2 Å². The van der Waals surface area contributed by atoms with Gasteiger partial charge in [0, 0.05) is 31.4 Å². The molecule has 0 spiro atoms. The standard InChI is InChI=1S/C23H21FN6O/c1-29-21-12-17(8-9-18(21)28-23(29)30-10-2-3-11-30)27-22(31)20-14-25-19(13-26-20)15-4-6-16(24)7-5-15/h4-9,12-14H,2-3,10-11H2,1H3,(H,27,31). The van der Waals surface area contributed by atoms with Crippen LogP contribution in [-0.2, 0) is 7.05 Å². The predicted molar refractivity (Wildman–Crippen MR) is 118 cm³/mol. The molecule has 5 rings (SSSR count). The smallest absolute Gasteiger partial charge is 0.275 e. The maximum Gasteiger partial charge on any atom is 0.275 e. The van der Waals surface area contributed by atoms with E-state index in [2.05, 4.69) is 24.8 Å². The second-order valence-corrected chi connectivity index (χ2v) is 7.62. The lowest BCUT2D eigenvalue weighted by atomic mass is 10.1. The topological polar surface area (TPSA) is 75.9 Å². The number of nitrogens with zero attached hydrogens (tertiary/aromatic N) is 5. The number of anilines is 2. The van der Waals surface area contributed by atoms with E-state index in [1.165, 1.54) is 37.4 Å². The first-order valence-corrected chi connectivity index (χ1v) is 10.2. The summed E-state index contributed by atoms with van der Waals surface area (Å²) in [4.78, 5) is 28.2. The van der Waals surface area contributed by atoms with Crippen LogP contribution in [0.4, 0.5) is 16.0 Å². The number of carbonyl (C=O) groups excluding carboxylic acids is 1. The molecule has 0 unspecified atom stereocenters. The Bertz CT molecular complexity index is 1240. The van der Waals surface area contributed by atoms with E-state index < -0.39 is 0 Å². The molecule has 1 amide bonds. The number of benzene rings is 2. The van der Waals surface area contributed by atoms with Crippen molar-refractivity contribution in [2.45, 2.75) is 12.8 Å². The number of fused-ring (bicyclic) bond motifs is 1. The van der Waals surface area contributed by atoms with Crippen LogP contribution in [0.2, 0.25) is 0 Å². The van der Waals surface area contributed by atoms with Gasteiger partial charge in [-0.3, -0.25) is 9.78 Å². The first-order chi connectivity index (χ1) is 15.1. The van der Waals surface area contributed by atoms with Gasteiger partial charge in [-0.15, -0.1) is 0 Å². The van der Waals surface area contributed by atoms with Crippen LogP contribution in [-0.4, -0.2) is 38.5 Å². The summed E-state index contributed by atoms with van der Waals surface area (Å²) in [6, 6.07) is 11.6. The van der Waals surface area contributed by atoms with Crippen LogP contribution in [0.25, 0.3) is 22.3 Å². The summed E-state index contributed by atoms with van der Waals surface area (Å²) >= 11 is 0. The number of hydrogen-bond donors (Lipinski definition) is 1. The van der Waals surface area contributed by atoms with Crippen molar-refractivity contribution in [2.75, 3.05) is 23.3 Å². The van der Waals surface area contributed by atoms with E-state index in [9.17, 15) is 9.18 Å². The number of carbonyl (C=O) groups is 1. The zero-order chi connectivity index (χ0) is 21.4. The van der Waals surface area contributed by atoms with E-state index in [0.29, 0.717) is 11.4 Å². The van der Waals surface area contributed by atoms with Crippen molar-refractivity contribution in [1.82, 2.24) is 19.5 Å². The molecule has 0 atom stereocenters. The van der Waals surface area contributed by atoms with E-state index >= 15 is 0 Å². The Balaban J connectivity index is 1.34. The van der Waals surface area contributed by atoms with Crippen LogP contribution < -0.4 is 10.2 Å². The van der Waals surface area contributed by atoms with E-state index in [4.69, 9.17) is 4.98 Å². The van der Waals surface area contributed by atoms with Gasteiger partial charge < -0.3 is 14.8 Å². The molecular weight excluding hydrogens is 395 g/mol. The third-order valence-electron chi connectivity index (χ3n) is 5.53. The van der Waals surface area contributed by atoms with Crippen molar-refractivity contribution in [3.8, 4) is 11.3 Å². The third-order valence-corrected chi connectivity index (χ3v) is 5.53. The van der Waals surface area contributed by atoms with E-state index in [0.717, 1.165) is 35.6 Å². The number of aryl methyl sites for hydroxylation is 1. The SMILES string of the molecule is Cn1c(N2CCCC2)nc2ccc(NC(=O)c3cnc(-c4ccc(F)cc4)cn3)cc21. The Morgan fingerprint density at radius 3 is 2.52 bits per heavy atom. The molecule has 1 saturated heterocycles. The predicted octanol–water partition coefficient (Wildman–Crippen LogP) is 4.02. The molecule has 2 aromatic heterocycles. The molecule has 1 aliphatic rings. The molecule has 7 nitrogen and oxygen atoms in total. The molecule has 0 bridgehead atoms. The minimum atomic E-state index is -0.348. The fourth-order valence-corrected chi connectivity index (χ4v) is 3.86. The average molecular weight is 416 g/mol.